The summed E-state index contributed by atoms with van der Waals surface area (Å²) in [5.74, 6) is -2.12. The number of rotatable bonds is 5. The highest BCUT2D eigenvalue weighted by Gasteiger charge is 2.52. The monoisotopic (exact) mass is 356 g/mol. The summed E-state index contributed by atoms with van der Waals surface area (Å²) in [5.41, 5.74) is 0. The first-order valence-electron chi connectivity index (χ1n) is 5.78. The molecule has 0 aromatic rings. The van der Waals surface area contributed by atoms with Crippen molar-refractivity contribution < 1.29 is 27.1 Å². The van der Waals surface area contributed by atoms with Crippen LogP contribution in [0.15, 0.2) is 0 Å². The van der Waals surface area contributed by atoms with Gasteiger partial charge in [-0.25, -0.2) is 9.24 Å². The van der Waals surface area contributed by atoms with Crippen LogP contribution >= 0.6 is 30.9 Å². The van der Waals surface area contributed by atoms with E-state index in [-0.39, 0.29) is 49.1 Å². The molecule has 1 aliphatic rings. The second-order valence-corrected chi connectivity index (χ2v) is 6.98. The Balaban J connectivity index is 3.06. The first-order chi connectivity index (χ1) is 9.27. The van der Waals surface area contributed by atoms with E-state index in [1.54, 1.807) is 0 Å². The van der Waals surface area contributed by atoms with Gasteiger partial charge >= 0.3 is 19.8 Å². The number of carbonyl (C=O) groups is 1. The normalized spacial score (nSPS) is 24.2. The zero-order valence-electron chi connectivity index (χ0n) is 10.4. The third kappa shape index (κ3) is 4.01. The largest absolute Gasteiger partial charge is 0.471 e. The van der Waals surface area contributed by atoms with Gasteiger partial charge in [-0.3, -0.25) is 9.46 Å². The van der Waals surface area contributed by atoms with Crippen molar-refractivity contribution in [2.75, 3.05) is 38.0 Å². The second-order valence-electron chi connectivity index (χ2n) is 3.94. The van der Waals surface area contributed by atoms with E-state index in [9.17, 15) is 22.5 Å². The lowest BCUT2D eigenvalue weighted by Crippen LogP contribution is -2.46. The molecular weight excluding hydrogens is 343 g/mol. The summed E-state index contributed by atoms with van der Waals surface area (Å²) >= 11 is 11.1. The summed E-state index contributed by atoms with van der Waals surface area (Å²) in [6.45, 7) is -0.253. The van der Waals surface area contributed by atoms with Gasteiger partial charge in [-0.05, 0) is 6.42 Å². The zero-order valence-corrected chi connectivity index (χ0v) is 12.8. The maximum absolute atomic E-state index is 12.7. The van der Waals surface area contributed by atoms with Crippen molar-refractivity contribution in [3.8, 4) is 0 Å². The minimum Gasteiger partial charge on any atom is -0.302 e. The van der Waals surface area contributed by atoms with Crippen molar-refractivity contribution in [2.24, 2.45) is 0 Å². The quantitative estimate of drug-likeness (QED) is 0.561. The molecule has 5 nitrogen and oxygen atoms in total. The Morgan fingerprint density at radius 2 is 1.85 bits per heavy atom. The van der Waals surface area contributed by atoms with Crippen LogP contribution in [0.5, 0.6) is 0 Å². The van der Waals surface area contributed by atoms with Gasteiger partial charge in [0.15, 0.2) is 0 Å². The van der Waals surface area contributed by atoms with Crippen molar-refractivity contribution in [2.45, 2.75) is 12.6 Å². The van der Waals surface area contributed by atoms with Gasteiger partial charge in [0.1, 0.15) is 0 Å². The molecule has 1 aliphatic heterocycles. The fourth-order valence-corrected chi connectivity index (χ4v) is 4.81. The Hall–Kier alpha value is -0.0100. The van der Waals surface area contributed by atoms with Crippen LogP contribution in [-0.2, 0) is 13.9 Å². The van der Waals surface area contributed by atoms with Gasteiger partial charge in [0.2, 0.25) is 0 Å². The van der Waals surface area contributed by atoms with Crippen LogP contribution in [0.2, 0.25) is 0 Å². The average molecular weight is 357 g/mol. The Bertz CT molecular complexity index is 391. The van der Waals surface area contributed by atoms with E-state index in [1.165, 1.54) is 0 Å². The summed E-state index contributed by atoms with van der Waals surface area (Å²) in [4.78, 5) is 11.4. The summed E-state index contributed by atoms with van der Waals surface area (Å²) in [7, 11) is -4.09. The summed E-state index contributed by atoms with van der Waals surface area (Å²) in [5, 5.41) is 0. The van der Waals surface area contributed by atoms with Crippen LogP contribution in [-0.4, -0.2) is 59.4 Å². The minimum atomic E-state index is -5.11. The minimum absolute atomic E-state index is 0.00713. The number of halogens is 5. The van der Waals surface area contributed by atoms with E-state index in [0.29, 0.717) is 0 Å². The van der Waals surface area contributed by atoms with Gasteiger partial charge in [-0.2, -0.15) is 13.2 Å². The zero-order chi connectivity index (χ0) is 15.4. The maximum Gasteiger partial charge on any atom is 0.471 e. The Labute approximate surface area is 124 Å². The van der Waals surface area contributed by atoms with Crippen molar-refractivity contribution >= 4 is 36.8 Å². The van der Waals surface area contributed by atoms with Crippen molar-refractivity contribution in [1.29, 1.82) is 0 Å². The first-order valence-corrected chi connectivity index (χ1v) is 8.38. The molecule has 0 spiro atoms. The van der Waals surface area contributed by atoms with Gasteiger partial charge < -0.3 is 4.52 Å². The van der Waals surface area contributed by atoms with Crippen LogP contribution in [0, 0.1) is 0 Å². The van der Waals surface area contributed by atoms with Gasteiger partial charge in [-0.15, -0.1) is 23.2 Å². The van der Waals surface area contributed by atoms with Crippen LogP contribution < -0.4 is 0 Å². The Morgan fingerprint density at radius 1 is 1.30 bits per heavy atom. The molecule has 1 fully saturated rings. The van der Waals surface area contributed by atoms with E-state index in [0.717, 1.165) is 4.67 Å². The third-order valence-electron chi connectivity index (χ3n) is 2.60. The average Bonchev–Trinajstić information content (AvgIpc) is 2.37. The second kappa shape index (κ2) is 7.31. The van der Waals surface area contributed by atoms with Crippen molar-refractivity contribution in [3.63, 3.8) is 0 Å². The van der Waals surface area contributed by atoms with E-state index in [4.69, 9.17) is 27.7 Å². The number of alkyl halides is 5. The summed E-state index contributed by atoms with van der Waals surface area (Å²) in [6.07, 6.45) is -4.93. The lowest BCUT2D eigenvalue weighted by molar-refractivity contribution is -0.181. The molecule has 1 unspecified atom stereocenters. The van der Waals surface area contributed by atoms with E-state index >= 15 is 0 Å². The van der Waals surface area contributed by atoms with Crippen LogP contribution in [0.3, 0.4) is 0 Å². The molecule has 1 atom stereocenters. The highest BCUT2D eigenvalue weighted by atomic mass is 35.5. The van der Waals surface area contributed by atoms with Crippen LogP contribution in [0.4, 0.5) is 13.2 Å². The number of hydrogen-bond donors (Lipinski definition) is 0. The number of amides is 1. The molecule has 1 rings (SSSR count). The standard InChI is InChI=1S/C9H14Cl2F3N2O3P/c10-2-5-15(6-3-11)20(18)16(4-1-7-19-20)8(17)9(12,13)14/h1-7H2. The topological polar surface area (TPSA) is 49.9 Å². The highest BCUT2D eigenvalue weighted by Crippen LogP contribution is 2.57. The molecule has 0 N–H and O–H groups in total. The maximum atomic E-state index is 12.7. The predicted octanol–water partition coefficient (Wildman–Crippen LogP) is 2.69. The molecule has 0 radical (unpaired) electrons. The fourth-order valence-electron chi connectivity index (χ4n) is 1.75. The predicted molar refractivity (Wildman–Crippen MR) is 69.0 cm³/mol. The van der Waals surface area contributed by atoms with E-state index in [2.05, 4.69) is 0 Å². The highest BCUT2D eigenvalue weighted by molar-refractivity contribution is 7.54. The molecule has 1 saturated heterocycles. The first kappa shape index (κ1) is 18.0. The molecule has 0 aromatic heterocycles. The lowest BCUT2D eigenvalue weighted by Gasteiger charge is -2.40. The summed E-state index contributed by atoms with van der Waals surface area (Å²) in [6, 6.07) is 0. The molecule has 0 aliphatic carbocycles. The van der Waals surface area contributed by atoms with Crippen molar-refractivity contribution in [1.82, 2.24) is 9.34 Å². The van der Waals surface area contributed by atoms with Crippen molar-refractivity contribution in [3.05, 3.63) is 0 Å². The van der Waals surface area contributed by atoms with Crippen LogP contribution in [0.25, 0.3) is 0 Å². The molecule has 0 saturated carbocycles. The number of nitrogens with zero attached hydrogens (tertiary/aromatic N) is 2. The molecule has 1 amide bonds. The molecule has 0 bridgehead atoms. The molecule has 118 valence electrons. The fraction of sp³-hybridized carbons (Fsp3) is 0.889. The van der Waals surface area contributed by atoms with Gasteiger partial charge in [0.05, 0.1) is 6.61 Å². The van der Waals surface area contributed by atoms with Gasteiger partial charge in [0, 0.05) is 31.4 Å². The molecule has 20 heavy (non-hydrogen) atoms. The molecular formula is C9H14Cl2F3N2O3P. The van der Waals surface area contributed by atoms with Crippen LogP contribution in [0.1, 0.15) is 6.42 Å². The Kier molecular flexibility index (Phi) is 6.60. The molecule has 11 heteroatoms. The SMILES string of the molecule is O=C(N1CCCOP1(=O)N(CCCl)CCCl)C(F)(F)F. The number of carbonyl (C=O) groups excluding carboxylic acids is 1. The molecule has 0 aromatic carbocycles. The summed E-state index contributed by atoms with van der Waals surface area (Å²) < 4.78 is 56.8. The van der Waals surface area contributed by atoms with E-state index < -0.39 is 19.8 Å². The number of hydrogen-bond acceptors (Lipinski definition) is 3. The van der Waals surface area contributed by atoms with E-state index in [1.807, 2.05) is 0 Å². The lowest BCUT2D eigenvalue weighted by atomic mass is 10.4. The Morgan fingerprint density at radius 3 is 2.30 bits per heavy atom. The molecule has 1 heterocycles. The van der Waals surface area contributed by atoms with Gasteiger partial charge in [0.25, 0.3) is 0 Å². The van der Waals surface area contributed by atoms with Gasteiger partial charge in [-0.1, -0.05) is 0 Å². The smallest absolute Gasteiger partial charge is 0.302 e. The third-order valence-corrected chi connectivity index (χ3v) is 5.56.